The minimum absolute atomic E-state index is 0.0751. The third-order valence-electron chi connectivity index (χ3n) is 5.98. The second kappa shape index (κ2) is 18.9. The largest absolute Gasteiger partial charge is 0.346 e. The highest BCUT2D eigenvalue weighted by Crippen LogP contribution is 2.13. The molecule has 0 radical (unpaired) electrons. The molecule has 5 nitrogen and oxygen atoms in total. The zero-order valence-electron chi connectivity index (χ0n) is 21.1. The highest BCUT2D eigenvalue weighted by atomic mass is 32.2. The molecule has 6 heteroatoms. The van der Waals surface area contributed by atoms with Gasteiger partial charge in [-0.15, -0.1) is 0 Å². The summed E-state index contributed by atoms with van der Waals surface area (Å²) < 4.78 is 29.7. The van der Waals surface area contributed by atoms with E-state index in [1.165, 1.54) is 64.2 Å². The lowest BCUT2D eigenvalue weighted by Gasteiger charge is -2.29. The zero-order valence-corrected chi connectivity index (χ0v) is 21.9. The van der Waals surface area contributed by atoms with E-state index in [4.69, 9.17) is 4.18 Å². The van der Waals surface area contributed by atoms with Crippen LogP contribution in [0.3, 0.4) is 0 Å². The lowest BCUT2D eigenvalue weighted by atomic mass is 10.1. The fourth-order valence-electron chi connectivity index (χ4n) is 3.91. The number of hydrogen-bond donors (Lipinski definition) is 0. The third kappa shape index (κ3) is 21.0. The molecule has 31 heavy (non-hydrogen) atoms. The Morgan fingerprint density at radius 2 is 1.06 bits per heavy atom. The summed E-state index contributed by atoms with van der Waals surface area (Å²) in [5, 5.41) is 0. The third-order valence-corrected chi connectivity index (χ3v) is 7.21. The maximum absolute atomic E-state index is 12.1. The van der Waals surface area contributed by atoms with Gasteiger partial charge in [-0.05, 0) is 19.3 Å². The van der Waals surface area contributed by atoms with Crippen LogP contribution in [0.1, 0.15) is 123 Å². The topological polar surface area (TPSA) is 60.4 Å². The molecule has 0 saturated carbocycles. The molecule has 0 unspecified atom stereocenters. The first-order valence-electron chi connectivity index (χ1n) is 13.0. The lowest BCUT2D eigenvalue weighted by molar-refractivity contribution is -0.890. The summed E-state index contributed by atoms with van der Waals surface area (Å²) in [6.07, 6.45) is 19.0. The van der Waals surface area contributed by atoms with Gasteiger partial charge >= 0.3 is 16.1 Å². The molecule has 0 fully saturated rings. The van der Waals surface area contributed by atoms with Crippen LogP contribution in [0.25, 0.3) is 0 Å². The van der Waals surface area contributed by atoms with Crippen LogP contribution in [0.2, 0.25) is 0 Å². The van der Waals surface area contributed by atoms with Crippen LogP contribution in [0.15, 0.2) is 0 Å². The summed E-state index contributed by atoms with van der Waals surface area (Å²) >= 11 is 0. The van der Waals surface area contributed by atoms with E-state index < -0.39 is 16.1 Å². The minimum Gasteiger partial charge on any atom is -0.346 e. The molecule has 0 aliphatic carbocycles. The van der Waals surface area contributed by atoms with Crippen molar-refractivity contribution in [2.45, 2.75) is 123 Å². The molecular weight excluding hydrogens is 410 g/mol. The number of carbonyl (C=O) groups excluding carboxylic acids is 1. The second-order valence-corrected chi connectivity index (χ2v) is 11.5. The van der Waals surface area contributed by atoms with Crippen molar-refractivity contribution in [3.8, 4) is 0 Å². The quantitative estimate of drug-likeness (QED) is 0.103. The van der Waals surface area contributed by atoms with Gasteiger partial charge in [0.1, 0.15) is 0 Å². The van der Waals surface area contributed by atoms with Gasteiger partial charge in [0, 0.05) is 12.8 Å². The number of unbranched alkanes of at least 4 members (excludes halogenated alkanes) is 13. The van der Waals surface area contributed by atoms with Gasteiger partial charge in [-0.1, -0.05) is 90.9 Å². The Bertz CT molecular complexity index is 532. The summed E-state index contributed by atoms with van der Waals surface area (Å²) in [6, 6.07) is 0. The van der Waals surface area contributed by atoms with Crippen LogP contribution in [-0.4, -0.2) is 51.8 Å². The predicted octanol–water partition coefficient (Wildman–Crippen LogP) is 6.61. The standard InChI is InChI=1S/C25H52NO4S/c1-5-7-9-11-12-13-14-15-17-19-22-26(3,4)23-20-24-31(28,29)30-25(27)21-18-16-10-8-6-2/h5-24H2,1-4H3/q+1. The van der Waals surface area contributed by atoms with Crippen molar-refractivity contribution in [1.82, 2.24) is 0 Å². The number of rotatable bonds is 22. The number of hydrogen-bond acceptors (Lipinski definition) is 4. The van der Waals surface area contributed by atoms with Crippen molar-refractivity contribution in [2.75, 3.05) is 32.9 Å². The van der Waals surface area contributed by atoms with E-state index in [0.717, 1.165) is 43.3 Å². The van der Waals surface area contributed by atoms with E-state index in [1.807, 2.05) is 0 Å². The lowest BCUT2D eigenvalue weighted by Crippen LogP contribution is -2.41. The maximum atomic E-state index is 12.1. The molecule has 0 amide bonds. The Labute approximate surface area is 194 Å². The second-order valence-electron chi connectivity index (χ2n) is 9.80. The first-order valence-corrected chi connectivity index (χ1v) is 14.6. The molecule has 0 spiro atoms. The van der Waals surface area contributed by atoms with Crippen LogP contribution < -0.4 is 0 Å². The summed E-state index contributed by atoms with van der Waals surface area (Å²) in [7, 11) is 0.557. The normalized spacial score (nSPS) is 12.3. The Morgan fingerprint density at radius 1 is 0.645 bits per heavy atom. The zero-order chi connectivity index (χ0) is 23.4. The minimum atomic E-state index is -3.75. The molecule has 0 bridgehead atoms. The molecule has 0 saturated heterocycles. The molecule has 0 aliphatic rings. The monoisotopic (exact) mass is 462 g/mol. The average Bonchev–Trinajstić information content (AvgIpc) is 2.68. The Morgan fingerprint density at radius 3 is 1.58 bits per heavy atom. The fraction of sp³-hybridized carbons (Fsp3) is 0.960. The van der Waals surface area contributed by atoms with Crippen molar-refractivity contribution >= 4 is 16.1 Å². The Kier molecular flexibility index (Phi) is 18.5. The van der Waals surface area contributed by atoms with E-state index in [2.05, 4.69) is 27.9 Å². The number of carbonyl (C=O) groups is 1. The fourth-order valence-corrected chi connectivity index (χ4v) is 4.84. The van der Waals surface area contributed by atoms with Crippen LogP contribution in [0.5, 0.6) is 0 Å². The molecule has 0 N–H and O–H groups in total. The Hall–Kier alpha value is -0.620. The van der Waals surface area contributed by atoms with Crippen LogP contribution in [0.4, 0.5) is 0 Å². The molecule has 0 rings (SSSR count). The molecule has 0 aromatic heterocycles. The van der Waals surface area contributed by atoms with Gasteiger partial charge in [0.05, 0.1) is 32.9 Å². The Balaban J connectivity index is 3.80. The number of nitrogens with zero attached hydrogens (tertiary/aromatic N) is 1. The summed E-state index contributed by atoms with van der Waals surface area (Å²) in [4.78, 5) is 11.8. The van der Waals surface area contributed by atoms with Gasteiger partial charge in [0.15, 0.2) is 0 Å². The van der Waals surface area contributed by atoms with Crippen LogP contribution >= 0.6 is 0 Å². The van der Waals surface area contributed by atoms with E-state index in [-0.39, 0.29) is 12.2 Å². The first-order chi connectivity index (χ1) is 14.7. The van der Waals surface area contributed by atoms with Crippen molar-refractivity contribution in [1.29, 1.82) is 0 Å². The van der Waals surface area contributed by atoms with Gasteiger partial charge in [0.2, 0.25) is 0 Å². The molecule has 0 aromatic rings. The van der Waals surface area contributed by atoms with Crippen LogP contribution in [0, 0.1) is 0 Å². The van der Waals surface area contributed by atoms with Gasteiger partial charge < -0.3 is 8.67 Å². The summed E-state index contributed by atoms with van der Waals surface area (Å²) in [6.45, 7) is 6.24. The van der Waals surface area contributed by atoms with Crippen molar-refractivity contribution in [2.24, 2.45) is 0 Å². The van der Waals surface area contributed by atoms with Crippen molar-refractivity contribution in [3.63, 3.8) is 0 Å². The number of quaternary nitrogens is 1. The van der Waals surface area contributed by atoms with E-state index in [9.17, 15) is 13.2 Å². The molecule has 0 heterocycles. The summed E-state index contributed by atoms with van der Waals surface area (Å²) in [5.74, 6) is -0.676. The highest BCUT2D eigenvalue weighted by molar-refractivity contribution is 7.87. The molecule has 186 valence electrons. The van der Waals surface area contributed by atoms with Gasteiger partial charge in [-0.25, -0.2) is 0 Å². The van der Waals surface area contributed by atoms with Gasteiger partial charge in [0.25, 0.3) is 0 Å². The molecule has 0 aromatic carbocycles. The molecule has 0 aliphatic heterocycles. The van der Waals surface area contributed by atoms with Gasteiger partial charge in [-0.3, -0.25) is 4.79 Å². The van der Waals surface area contributed by atoms with Crippen LogP contribution in [-0.2, 0) is 19.1 Å². The van der Waals surface area contributed by atoms with E-state index in [1.54, 1.807) is 0 Å². The van der Waals surface area contributed by atoms with Crippen molar-refractivity contribution < 1.29 is 21.9 Å². The average molecular weight is 463 g/mol. The van der Waals surface area contributed by atoms with Gasteiger partial charge in [-0.2, -0.15) is 8.42 Å². The molecular formula is C25H52NO4S+. The summed E-state index contributed by atoms with van der Waals surface area (Å²) in [5.41, 5.74) is 0. The smallest absolute Gasteiger partial charge is 0.322 e. The van der Waals surface area contributed by atoms with E-state index in [0.29, 0.717) is 12.8 Å². The molecule has 0 atom stereocenters. The van der Waals surface area contributed by atoms with E-state index >= 15 is 0 Å². The highest BCUT2D eigenvalue weighted by Gasteiger charge is 2.20. The predicted molar refractivity (Wildman–Crippen MR) is 132 cm³/mol. The van der Waals surface area contributed by atoms with Crippen molar-refractivity contribution in [3.05, 3.63) is 0 Å². The SMILES string of the molecule is CCCCCCCCCCCC[N+](C)(C)CCCS(=O)(=O)OC(=O)CCCCCCC. The first kappa shape index (κ1) is 30.4. The maximum Gasteiger partial charge on any atom is 0.322 e.